The van der Waals surface area contributed by atoms with Crippen LogP contribution in [0, 0.1) is 11.3 Å². The van der Waals surface area contributed by atoms with Gasteiger partial charge in [0.2, 0.25) is 0 Å². The lowest BCUT2D eigenvalue weighted by Gasteiger charge is -2.36. The maximum Gasteiger partial charge on any atom is 0.106 e. The molecule has 1 fully saturated rings. The van der Waals surface area contributed by atoms with Gasteiger partial charge in [0.25, 0.3) is 0 Å². The van der Waals surface area contributed by atoms with Gasteiger partial charge in [0.15, 0.2) is 0 Å². The minimum absolute atomic E-state index is 0.323. The molecular formula is C16H31N3O. The summed E-state index contributed by atoms with van der Waals surface area (Å²) in [6.45, 7) is 12.5. The first-order chi connectivity index (χ1) is 9.55. The Morgan fingerprint density at radius 2 is 1.95 bits per heavy atom. The molecule has 116 valence electrons. The quantitative estimate of drug-likeness (QED) is 0.743. The Morgan fingerprint density at radius 1 is 1.30 bits per heavy atom. The molecule has 1 aliphatic heterocycles. The third-order valence-electron chi connectivity index (χ3n) is 4.10. The van der Waals surface area contributed by atoms with Crippen molar-refractivity contribution in [1.29, 1.82) is 5.26 Å². The molecule has 0 radical (unpaired) electrons. The third-order valence-corrected chi connectivity index (χ3v) is 4.10. The number of morpholine rings is 1. The highest BCUT2D eigenvalue weighted by atomic mass is 16.5. The summed E-state index contributed by atoms with van der Waals surface area (Å²) in [5, 5.41) is 12.9. The molecule has 4 nitrogen and oxygen atoms in total. The van der Waals surface area contributed by atoms with Crippen LogP contribution in [-0.2, 0) is 4.74 Å². The summed E-state index contributed by atoms with van der Waals surface area (Å²) in [6, 6.07) is 2.50. The molecule has 1 N–H and O–H groups in total. The van der Waals surface area contributed by atoms with Crippen molar-refractivity contribution in [2.24, 2.45) is 0 Å². The molecule has 0 aromatic heterocycles. The number of nitrogens with zero attached hydrogens (tertiary/aromatic N) is 2. The minimum Gasteiger partial charge on any atom is -0.373 e. The van der Waals surface area contributed by atoms with Gasteiger partial charge in [-0.2, -0.15) is 5.26 Å². The molecule has 0 spiro atoms. The zero-order valence-electron chi connectivity index (χ0n) is 13.6. The number of hydrogen-bond donors (Lipinski definition) is 1. The lowest BCUT2D eigenvalue weighted by molar-refractivity contribution is -0.0683. The summed E-state index contributed by atoms with van der Waals surface area (Å²) in [5.41, 5.74) is -0.334. The topological polar surface area (TPSA) is 48.3 Å². The molecule has 0 aliphatic carbocycles. The van der Waals surface area contributed by atoms with Crippen LogP contribution in [0.4, 0.5) is 0 Å². The monoisotopic (exact) mass is 281 g/mol. The van der Waals surface area contributed by atoms with Gasteiger partial charge in [-0.3, -0.25) is 10.2 Å². The van der Waals surface area contributed by atoms with E-state index >= 15 is 0 Å². The first kappa shape index (κ1) is 17.4. The van der Waals surface area contributed by atoms with Crippen LogP contribution in [0.25, 0.3) is 0 Å². The zero-order valence-corrected chi connectivity index (χ0v) is 13.6. The van der Waals surface area contributed by atoms with Gasteiger partial charge < -0.3 is 4.74 Å². The molecule has 0 aromatic rings. The van der Waals surface area contributed by atoms with Gasteiger partial charge in [-0.15, -0.1) is 0 Å². The van der Waals surface area contributed by atoms with Crippen molar-refractivity contribution in [3.05, 3.63) is 0 Å². The number of rotatable bonds is 8. The van der Waals surface area contributed by atoms with Crippen LogP contribution in [0.3, 0.4) is 0 Å². The van der Waals surface area contributed by atoms with Crippen LogP contribution >= 0.6 is 0 Å². The van der Waals surface area contributed by atoms with Crippen molar-refractivity contribution in [3.8, 4) is 6.07 Å². The molecule has 1 heterocycles. The van der Waals surface area contributed by atoms with E-state index in [1.807, 2.05) is 0 Å². The van der Waals surface area contributed by atoms with Crippen LogP contribution in [0.1, 0.15) is 53.4 Å². The van der Waals surface area contributed by atoms with E-state index in [2.05, 4.69) is 44.0 Å². The molecule has 4 heteroatoms. The van der Waals surface area contributed by atoms with Crippen molar-refractivity contribution in [2.75, 3.05) is 26.2 Å². The largest absolute Gasteiger partial charge is 0.373 e. The van der Waals surface area contributed by atoms with E-state index < -0.39 is 0 Å². The summed E-state index contributed by atoms with van der Waals surface area (Å²) in [7, 11) is 0. The Bertz CT molecular complexity index is 305. The smallest absolute Gasteiger partial charge is 0.106 e. The second-order valence-electron chi connectivity index (χ2n) is 6.09. The van der Waals surface area contributed by atoms with E-state index in [0.717, 1.165) is 51.9 Å². The molecule has 0 saturated carbocycles. The highest BCUT2D eigenvalue weighted by Crippen LogP contribution is 2.18. The molecule has 3 unspecified atom stereocenters. The second-order valence-corrected chi connectivity index (χ2v) is 6.09. The van der Waals surface area contributed by atoms with Gasteiger partial charge in [0.05, 0.1) is 18.3 Å². The molecule has 1 rings (SSSR count). The van der Waals surface area contributed by atoms with Crippen LogP contribution in [0.15, 0.2) is 0 Å². The Morgan fingerprint density at radius 3 is 2.45 bits per heavy atom. The van der Waals surface area contributed by atoms with E-state index in [0.29, 0.717) is 12.2 Å². The van der Waals surface area contributed by atoms with Crippen molar-refractivity contribution < 1.29 is 4.74 Å². The summed E-state index contributed by atoms with van der Waals surface area (Å²) >= 11 is 0. The lowest BCUT2D eigenvalue weighted by atomic mass is 9.91. The Kier molecular flexibility index (Phi) is 7.50. The molecule has 0 amide bonds. The summed E-state index contributed by atoms with van der Waals surface area (Å²) in [6.07, 6.45) is 4.59. The first-order valence-corrected chi connectivity index (χ1v) is 8.09. The van der Waals surface area contributed by atoms with Gasteiger partial charge in [-0.25, -0.2) is 0 Å². The third kappa shape index (κ3) is 5.40. The number of nitrogens with one attached hydrogen (secondary N) is 1. The number of hydrogen-bond acceptors (Lipinski definition) is 4. The molecule has 3 atom stereocenters. The SMILES string of the molecule is CCCNC(C#N)(CC)CCCN1CC(C)OC(C)C1. The van der Waals surface area contributed by atoms with Gasteiger partial charge in [-0.05, 0) is 52.6 Å². The van der Waals surface area contributed by atoms with Crippen molar-refractivity contribution >= 4 is 0 Å². The predicted molar refractivity (Wildman–Crippen MR) is 82.6 cm³/mol. The van der Waals surface area contributed by atoms with Gasteiger partial charge in [0, 0.05) is 13.1 Å². The summed E-state index contributed by atoms with van der Waals surface area (Å²) in [4.78, 5) is 2.47. The van der Waals surface area contributed by atoms with Crippen LogP contribution in [0.5, 0.6) is 0 Å². The number of nitriles is 1. The average Bonchev–Trinajstić information content (AvgIpc) is 2.42. The van der Waals surface area contributed by atoms with Crippen LogP contribution < -0.4 is 5.32 Å². The standard InChI is InChI=1S/C16H31N3O/c1-5-9-18-16(6-2,13-17)8-7-10-19-11-14(3)20-15(4)12-19/h14-15,18H,5-12H2,1-4H3. The molecular weight excluding hydrogens is 250 g/mol. The van der Waals surface area contributed by atoms with Crippen molar-refractivity contribution in [3.63, 3.8) is 0 Å². The second kappa shape index (κ2) is 8.61. The Labute approximate surface area is 124 Å². The minimum atomic E-state index is -0.334. The van der Waals surface area contributed by atoms with E-state index in [9.17, 15) is 5.26 Å². The highest BCUT2D eigenvalue weighted by molar-refractivity contribution is 5.06. The van der Waals surface area contributed by atoms with Crippen molar-refractivity contribution in [1.82, 2.24) is 10.2 Å². The fourth-order valence-electron chi connectivity index (χ4n) is 3.00. The Hall–Kier alpha value is -0.630. The van der Waals surface area contributed by atoms with Gasteiger partial charge in [0.1, 0.15) is 5.54 Å². The Balaban J connectivity index is 2.38. The molecule has 0 bridgehead atoms. The van der Waals surface area contributed by atoms with Crippen molar-refractivity contribution in [2.45, 2.75) is 71.1 Å². The molecule has 20 heavy (non-hydrogen) atoms. The van der Waals surface area contributed by atoms with Gasteiger partial charge in [-0.1, -0.05) is 13.8 Å². The maximum absolute atomic E-state index is 9.48. The van der Waals surface area contributed by atoms with Crippen LogP contribution in [0.2, 0.25) is 0 Å². The van der Waals surface area contributed by atoms with Crippen LogP contribution in [-0.4, -0.2) is 48.8 Å². The highest BCUT2D eigenvalue weighted by Gasteiger charge is 2.27. The first-order valence-electron chi connectivity index (χ1n) is 8.09. The summed E-state index contributed by atoms with van der Waals surface area (Å²) < 4.78 is 5.75. The fourth-order valence-corrected chi connectivity index (χ4v) is 3.00. The van der Waals surface area contributed by atoms with E-state index in [4.69, 9.17) is 4.74 Å². The number of ether oxygens (including phenoxy) is 1. The van der Waals surface area contributed by atoms with E-state index in [-0.39, 0.29) is 5.54 Å². The normalized spacial score (nSPS) is 26.9. The van der Waals surface area contributed by atoms with E-state index in [1.165, 1.54) is 0 Å². The average molecular weight is 281 g/mol. The van der Waals surface area contributed by atoms with Gasteiger partial charge >= 0.3 is 0 Å². The molecule has 1 saturated heterocycles. The molecule has 1 aliphatic rings. The lowest BCUT2D eigenvalue weighted by Crippen LogP contribution is -2.47. The zero-order chi connectivity index (χ0) is 15.0. The predicted octanol–water partition coefficient (Wildman–Crippen LogP) is 2.55. The molecule has 0 aromatic carbocycles. The van der Waals surface area contributed by atoms with E-state index in [1.54, 1.807) is 0 Å². The fraction of sp³-hybridized carbons (Fsp3) is 0.938. The summed E-state index contributed by atoms with van der Waals surface area (Å²) in [5.74, 6) is 0. The maximum atomic E-state index is 9.48.